The summed E-state index contributed by atoms with van der Waals surface area (Å²) in [5.41, 5.74) is 1.87. The summed E-state index contributed by atoms with van der Waals surface area (Å²) in [6.07, 6.45) is 4.53. The molecule has 2 rings (SSSR count). The summed E-state index contributed by atoms with van der Waals surface area (Å²) in [7, 11) is 0. The van der Waals surface area contributed by atoms with E-state index in [1.165, 1.54) is 12.2 Å². The molecular formula is C17H16O3. The lowest BCUT2D eigenvalue weighted by Crippen LogP contribution is -2.13. The maximum Gasteiger partial charge on any atom is 0.189 e. The number of aliphatic hydroxyl groups is 1. The Morgan fingerprint density at radius 2 is 2.05 bits per heavy atom. The molecule has 0 unspecified atom stereocenters. The number of ether oxygens (including phenoxy) is 1. The summed E-state index contributed by atoms with van der Waals surface area (Å²) in [6.45, 7) is 5.54. The highest BCUT2D eigenvalue weighted by Crippen LogP contribution is 2.20. The van der Waals surface area contributed by atoms with Crippen LogP contribution < -0.4 is 0 Å². The minimum Gasteiger partial charge on any atom is -0.507 e. The van der Waals surface area contributed by atoms with Gasteiger partial charge in [0, 0.05) is 6.08 Å². The van der Waals surface area contributed by atoms with Gasteiger partial charge >= 0.3 is 0 Å². The van der Waals surface area contributed by atoms with E-state index in [9.17, 15) is 9.90 Å². The quantitative estimate of drug-likeness (QED) is 0.670. The molecule has 102 valence electrons. The molecule has 0 spiro atoms. The van der Waals surface area contributed by atoms with Crippen molar-refractivity contribution in [1.82, 2.24) is 0 Å². The Morgan fingerprint density at radius 3 is 2.65 bits per heavy atom. The molecule has 0 aromatic heterocycles. The second-order valence-corrected chi connectivity index (χ2v) is 4.44. The second-order valence-electron chi connectivity index (χ2n) is 4.44. The predicted molar refractivity (Wildman–Crippen MR) is 79.0 cm³/mol. The van der Waals surface area contributed by atoms with Crippen LogP contribution in [0, 0.1) is 0 Å². The summed E-state index contributed by atoms with van der Waals surface area (Å²) >= 11 is 0. The molecule has 0 bridgehead atoms. The van der Waals surface area contributed by atoms with Crippen molar-refractivity contribution < 1.29 is 14.6 Å². The molecule has 1 N–H and O–H groups in total. The molecule has 1 aliphatic heterocycles. The van der Waals surface area contributed by atoms with Gasteiger partial charge in [-0.1, -0.05) is 43.0 Å². The fourth-order valence-corrected chi connectivity index (χ4v) is 1.90. The number of hydrogen-bond donors (Lipinski definition) is 1. The molecule has 0 fully saturated rings. The maximum atomic E-state index is 12.2. The molecule has 0 radical (unpaired) electrons. The van der Waals surface area contributed by atoms with Crippen LogP contribution in [-0.2, 0) is 9.53 Å². The molecule has 1 aliphatic rings. The molecular weight excluding hydrogens is 252 g/mol. The van der Waals surface area contributed by atoms with Crippen molar-refractivity contribution in [3.8, 4) is 0 Å². The molecule has 3 nitrogen and oxygen atoms in total. The topological polar surface area (TPSA) is 46.5 Å². The standard InChI is InChI=1S/C17H16O3/c1-3-13(14-7-5-4-6-8-14)10-17(19)15-11-20-12(2)9-16(15)18/h3-10,18H,1,11H2,2H3/b13-10-. The average Bonchev–Trinajstić information content (AvgIpc) is 2.45. The third-order valence-electron chi connectivity index (χ3n) is 3.00. The summed E-state index contributed by atoms with van der Waals surface area (Å²) in [6, 6.07) is 9.49. The summed E-state index contributed by atoms with van der Waals surface area (Å²) < 4.78 is 5.27. The number of hydrogen-bond acceptors (Lipinski definition) is 3. The second kappa shape index (κ2) is 6.06. The van der Waals surface area contributed by atoms with E-state index in [0.29, 0.717) is 11.3 Å². The lowest BCUT2D eigenvalue weighted by atomic mass is 10.0. The Bertz CT molecular complexity index is 619. The van der Waals surface area contributed by atoms with Gasteiger partial charge in [0.1, 0.15) is 12.4 Å². The molecule has 1 aromatic carbocycles. The van der Waals surface area contributed by atoms with Gasteiger partial charge in [0.2, 0.25) is 0 Å². The van der Waals surface area contributed by atoms with E-state index in [-0.39, 0.29) is 23.7 Å². The van der Waals surface area contributed by atoms with E-state index < -0.39 is 0 Å². The number of benzene rings is 1. The van der Waals surface area contributed by atoms with Crippen LogP contribution in [0.25, 0.3) is 5.57 Å². The lowest BCUT2D eigenvalue weighted by molar-refractivity contribution is -0.112. The van der Waals surface area contributed by atoms with E-state index in [1.807, 2.05) is 30.3 Å². The van der Waals surface area contributed by atoms with Gasteiger partial charge in [-0.3, -0.25) is 4.79 Å². The molecule has 1 aromatic rings. The van der Waals surface area contributed by atoms with Gasteiger partial charge in [-0.2, -0.15) is 0 Å². The highest BCUT2D eigenvalue weighted by atomic mass is 16.5. The molecule has 0 atom stereocenters. The highest BCUT2D eigenvalue weighted by Gasteiger charge is 2.17. The zero-order valence-corrected chi connectivity index (χ0v) is 11.3. The summed E-state index contributed by atoms with van der Waals surface area (Å²) in [4.78, 5) is 12.2. The van der Waals surface area contributed by atoms with E-state index in [4.69, 9.17) is 4.74 Å². The molecule has 0 saturated heterocycles. The SMILES string of the molecule is C=C/C(=C/C(=O)C1=C(O)C=C(C)OC1)c1ccccc1. The highest BCUT2D eigenvalue weighted by molar-refractivity contribution is 6.09. The molecule has 1 heterocycles. The van der Waals surface area contributed by atoms with Gasteiger partial charge < -0.3 is 9.84 Å². The van der Waals surface area contributed by atoms with Crippen molar-refractivity contribution in [2.75, 3.05) is 6.61 Å². The van der Waals surface area contributed by atoms with Gasteiger partial charge in [0.25, 0.3) is 0 Å². The van der Waals surface area contributed by atoms with Gasteiger partial charge in [0.15, 0.2) is 5.78 Å². The minimum atomic E-state index is -0.273. The Labute approximate surface area is 118 Å². The summed E-state index contributed by atoms with van der Waals surface area (Å²) in [5, 5.41) is 9.81. The van der Waals surface area contributed by atoms with Crippen molar-refractivity contribution >= 4 is 11.4 Å². The van der Waals surface area contributed by atoms with Crippen LogP contribution >= 0.6 is 0 Å². The van der Waals surface area contributed by atoms with Crippen LogP contribution in [0.1, 0.15) is 12.5 Å². The normalized spacial score (nSPS) is 15.4. The van der Waals surface area contributed by atoms with Crippen LogP contribution in [0.2, 0.25) is 0 Å². The molecule has 0 aliphatic carbocycles. The Balaban J connectivity index is 2.32. The predicted octanol–water partition coefficient (Wildman–Crippen LogP) is 3.57. The van der Waals surface area contributed by atoms with E-state index in [1.54, 1.807) is 13.0 Å². The van der Waals surface area contributed by atoms with E-state index in [2.05, 4.69) is 6.58 Å². The van der Waals surface area contributed by atoms with E-state index >= 15 is 0 Å². The van der Waals surface area contributed by atoms with Gasteiger partial charge in [-0.25, -0.2) is 0 Å². The van der Waals surface area contributed by atoms with Gasteiger partial charge in [0.05, 0.1) is 11.3 Å². The third kappa shape index (κ3) is 3.06. The van der Waals surface area contributed by atoms with Crippen molar-refractivity contribution in [2.24, 2.45) is 0 Å². The van der Waals surface area contributed by atoms with Crippen LogP contribution in [0.4, 0.5) is 0 Å². The third-order valence-corrected chi connectivity index (χ3v) is 3.00. The molecule has 0 saturated carbocycles. The molecule has 0 amide bonds. The van der Waals surface area contributed by atoms with Crippen molar-refractivity contribution in [3.63, 3.8) is 0 Å². The van der Waals surface area contributed by atoms with Gasteiger partial charge in [-0.15, -0.1) is 0 Å². The monoisotopic (exact) mass is 268 g/mol. The van der Waals surface area contributed by atoms with Gasteiger partial charge in [-0.05, 0) is 24.1 Å². The number of aliphatic hydroxyl groups excluding tert-OH is 1. The Kier molecular flexibility index (Phi) is 4.20. The lowest BCUT2D eigenvalue weighted by Gasteiger charge is -2.14. The van der Waals surface area contributed by atoms with Crippen LogP contribution in [0.5, 0.6) is 0 Å². The fourth-order valence-electron chi connectivity index (χ4n) is 1.90. The van der Waals surface area contributed by atoms with Crippen LogP contribution in [-0.4, -0.2) is 17.5 Å². The zero-order valence-electron chi connectivity index (χ0n) is 11.3. The minimum absolute atomic E-state index is 0.0357. The first-order chi connectivity index (χ1) is 9.61. The first kappa shape index (κ1) is 13.9. The van der Waals surface area contributed by atoms with Crippen molar-refractivity contribution in [1.29, 1.82) is 0 Å². The number of rotatable bonds is 4. The first-order valence-electron chi connectivity index (χ1n) is 6.29. The smallest absolute Gasteiger partial charge is 0.189 e. The largest absolute Gasteiger partial charge is 0.507 e. The average molecular weight is 268 g/mol. The number of allylic oxidation sites excluding steroid dienone is 5. The number of ketones is 1. The molecule has 3 heteroatoms. The zero-order chi connectivity index (χ0) is 14.5. The van der Waals surface area contributed by atoms with Crippen molar-refractivity contribution in [3.05, 3.63) is 77.8 Å². The van der Waals surface area contributed by atoms with E-state index in [0.717, 1.165) is 5.56 Å². The molecule has 20 heavy (non-hydrogen) atoms. The maximum absolute atomic E-state index is 12.2. The number of carbonyl (C=O) groups excluding carboxylic acids is 1. The first-order valence-corrected chi connectivity index (χ1v) is 6.29. The Hall–Kier alpha value is -2.55. The van der Waals surface area contributed by atoms with Crippen LogP contribution in [0.15, 0.2) is 72.2 Å². The fraction of sp³-hybridized carbons (Fsp3) is 0.118. The van der Waals surface area contributed by atoms with Crippen LogP contribution in [0.3, 0.4) is 0 Å². The Morgan fingerprint density at radius 1 is 1.35 bits per heavy atom. The van der Waals surface area contributed by atoms with Crippen molar-refractivity contribution in [2.45, 2.75) is 6.92 Å². The number of carbonyl (C=O) groups is 1. The summed E-state index contributed by atoms with van der Waals surface area (Å²) in [5.74, 6) is 0.284.